The van der Waals surface area contributed by atoms with Crippen LogP contribution in [0, 0.1) is 35.5 Å². The van der Waals surface area contributed by atoms with Gasteiger partial charge in [-0.25, -0.2) is 0 Å². The Morgan fingerprint density at radius 3 is 1.00 bits per heavy atom. The van der Waals surface area contributed by atoms with Gasteiger partial charge in [0.1, 0.15) is 0 Å². The minimum atomic E-state index is -0.195. The SMILES string of the molecule is CCC1CCC(NC(=O)c2cc(C(=O)NC3CCC(CC)CC3C)cc(C(=O)NC3CCC(CC)CC3C)c2)C(C)C1. The van der Waals surface area contributed by atoms with E-state index in [2.05, 4.69) is 57.5 Å². The van der Waals surface area contributed by atoms with Crippen molar-refractivity contribution in [3.63, 3.8) is 0 Å². The number of rotatable bonds is 9. The highest BCUT2D eigenvalue weighted by Gasteiger charge is 2.32. The maximum absolute atomic E-state index is 13.6. The van der Waals surface area contributed by atoms with Crippen molar-refractivity contribution < 1.29 is 14.4 Å². The number of hydrogen-bond acceptors (Lipinski definition) is 3. The third-order valence-corrected chi connectivity index (χ3v) is 11.2. The van der Waals surface area contributed by atoms with Crippen LogP contribution in [0.3, 0.4) is 0 Å². The van der Waals surface area contributed by atoms with Crippen LogP contribution in [0.15, 0.2) is 18.2 Å². The van der Waals surface area contributed by atoms with Crippen LogP contribution in [0.5, 0.6) is 0 Å². The molecule has 0 aliphatic heterocycles. The van der Waals surface area contributed by atoms with Crippen molar-refractivity contribution in [3.8, 4) is 0 Å². The van der Waals surface area contributed by atoms with E-state index in [-0.39, 0.29) is 35.8 Å². The van der Waals surface area contributed by atoms with Crippen molar-refractivity contribution in [1.82, 2.24) is 16.0 Å². The van der Waals surface area contributed by atoms with E-state index in [0.717, 1.165) is 75.5 Å². The Morgan fingerprint density at radius 2 is 0.786 bits per heavy atom. The van der Waals surface area contributed by atoms with Gasteiger partial charge in [0, 0.05) is 34.8 Å². The largest absolute Gasteiger partial charge is 0.349 e. The van der Waals surface area contributed by atoms with Crippen molar-refractivity contribution in [1.29, 1.82) is 0 Å². The van der Waals surface area contributed by atoms with Gasteiger partial charge in [0.15, 0.2) is 0 Å². The van der Waals surface area contributed by atoms with E-state index in [0.29, 0.717) is 34.4 Å². The van der Waals surface area contributed by atoms with Gasteiger partial charge in [-0.3, -0.25) is 14.4 Å². The van der Waals surface area contributed by atoms with Crippen LogP contribution in [-0.2, 0) is 0 Å². The number of amides is 3. The van der Waals surface area contributed by atoms with E-state index < -0.39 is 0 Å². The lowest BCUT2D eigenvalue weighted by Crippen LogP contribution is -2.44. The highest BCUT2D eigenvalue weighted by Crippen LogP contribution is 2.33. The van der Waals surface area contributed by atoms with Crippen LogP contribution in [0.2, 0.25) is 0 Å². The Balaban J connectivity index is 1.53. The average molecular weight is 580 g/mol. The van der Waals surface area contributed by atoms with Gasteiger partial charge < -0.3 is 16.0 Å². The Bertz CT molecular complexity index is 941. The Morgan fingerprint density at radius 1 is 0.524 bits per heavy atom. The maximum atomic E-state index is 13.6. The van der Waals surface area contributed by atoms with Crippen molar-refractivity contribution >= 4 is 17.7 Å². The summed E-state index contributed by atoms with van der Waals surface area (Å²) in [5, 5.41) is 9.78. The molecule has 1 aromatic carbocycles. The van der Waals surface area contributed by atoms with E-state index in [1.54, 1.807) is 18.2 Å². The quantitative estimate of drug-likeness (QED) is 0.283. The molecule has 6 nitrogen and oxygen atoms in total. The second-order valence-electron chi connectivity index (χ2n) is 14.2. The van der Waals surface area contributed by atoms with Crippen molar-refractivity contribution in [3.05, 3.63) is 34.9 Å². The highest BCUT2D eigenvalue weighted by molar-refractivity contribution is 6.04. The zero-order valence-corrected chi connectivity index (χ0v) is 27.1. The molecule has 3 fully saturated rings. The molecule has 0 heterocycles. The van der Waals surface area contributed by atoms with Gasteiger partial charge in [0.2, 0.25) is 0 Å². The number of hydrogen-bond donors (Lipinski definition) is 3. The average Bonchev–Trinajstić information content (AvgIpc) is 2.99. The second-order valence-corrected chi connectivity index (χ2v) is 14.2. The molecule has 3 saturated carbocycles. The molecular weight excluding hydrogens is 522 g/mol. The molecule has 42 heavy (non-hydrogen) atoms. The minimum absolute atomic E-state index is 0.110. The van der Waals surface area contributed by atoms with Gasteiger partial charge in [0.25, 0.3) is 17.7 Å². The first kappa shape index (κ1) is 32.5. The van der Waals surface area contributed by atoms with Crippen LogP contribution in [-0.4, -0.2) is 35.8 Å². The molecule has 6 heteroatoms. The van der Waals surface area contributed by atoms with Crippen LogP contribution in [0.25, 0.3) is 0 Å². The van der Waals surface area contributed by atoms with Gasteiger partial charge in [-0.15, -0.1) is 0 Å². The van der Waals surface area contributed by atoms with Gasteiger partial charge in [-0.1, -0.05) is 60.8 Å². The smallest absolute Gasteiger partial charge is 0.251 e. The predicted molar refractivity (Wildman–Crippen MR) is 171 cm³/mol. The van der Waals surface area contributed by atoms with E-state index in [9.17, 15) is 14.4 Å². The van der Waals surface area contributed by atoms with Gasteiger partial charge in [-0.2, -0.15) is 0 Å². The van der Waals surface area contributed by atoms with Gasteiger partial charge >= 0.3 is 0 Å². The molecule has 3 N–H and O–H groups in total. The Kier molecular flexibility index (Phi) is 11.5. The molecule has 1 aromatic rings. The molecule has 9 atom stereocenters. The summed E-state index contributed by atoms with van der Waals surface area (Å²) in [6, 6.07) is 5.38. The molecule has 0 saturated heterocycles. The van der Waals surface area contributed by atoms with Crippen molar-refractivity contribution in [2.24, 2.45) is 35.5 Å². The molecule has 234 valence electrons. The summed E-state index contributed by atoms with van der Waals surface area (Å²) in [5.74, 6) is 2.79. The molecule has 3 aliphatic rings. The summed E-state index contributed by atoms with van der Waals surface area (Å²) in [6.07, 6.45) is 13.2. The van der Waals surface area contributed by atoms with E-state index >= 15 is 0 Å². The topological polar surface area (TPSA) is 87.3 Å². The standard InChI is InChI=1S/C36H57N3O3/c1-7-25-10-13-31(22(4)16-25)37-34(40)28-19-29(35(41)38-32-14-11-26(8-2)17-23(32)5)21-30(20-28)36(42)39-33-15-12-27(9-3)18-24(33)6/h19-27,31-33H,7-18H2,1-6H3,(H,37,40)(H,38,41)(H,39,42). The Hall–Kier alpha value is -2.37. The summed E-state index contributed by atoms with van der Waals surface area (Å²) < 4.78 is 0. The van der Waals surface area contributed by atoms with Gasteiger partial charge in [0.05, 0.1) is 0 Å². The van der Waals surface area contributed by atoms with E-state index in [4.69, 9.17) is 0 Å². The van der Waals surface area contributed by atoms with Crippen LogP contribution in [0.4, 0.5) is 0 Å². The lowest BCUT2D eigenvalue weighted by Gasteiger charge is -2.35. The lowest BCUT2D eigenvalue weighted by atomic mass is 9.77. The number of benzene rings is 1. The third-order valence-electron chi connectivity index (χ3n) is 11.2. The number of carbonyl (C=O) groups is 3. The predicted octanol–water partition coefficient (Wildman–Crippen LogP) is 7.52. The molecule has 9 unspecified atom stereocenters. The zero-order chi connectivity index (χ0) is 30.4. The summed E-state index contributed by atoms with van der Waals surface area (Å²) in [7, 11) is 0. The highest BCUT2D eigenvalue weighted by atomic mass is 16.2. The molecule has 0 bridgehead atoms. The summed E-state index contributed by atoms with van der Waals surface area (Å²) in [6.45, 7) is 13.4. The lowest BCUT2D eigenvalue weighted by molar-refractivity contribution is 0.0896. The monoisotopic (exact) mass is 579 g/mol. The fourth-order valence-corrected chi connectivity index (χ4v) is 8.05. The third kappa shape index (κ3) is 8.17. The molecular formula is C36H57N3O3. The zero-order valence-electron chi connectivity index (χ0n) is 27.1. The minimum Gasteiger partial charge on any atom is -0.349 e. The molecule has 0 radical (unpaired) electrons. The number of nitrogens with one attached hydrogen (secondary N) is 3. The normalized spacial score (nSPS) is 33.4. The number of carbonyl (C=O) groups excluding carboxylic acids is 3. The fourth-order valence-electron chi connectivity index (χ4n) is 8.05. The van der Waals surface area contributed by atoms with E-state index in [1.807, 2.05) is 0 Å². The first-order valence-corrected chi connectivity index (χ1v) is 17.2. The molecule has 4 rings (SSSR count). The molecule has 3 aliphatic carbocycles. The van der Waals surface area contributed by atoms with Crippen molar-refractivity contribution in [2.45, 2.75) is 137 Å². The Labute approximate surface area is 254 Å². The first-order chi connectivity index (χ1) is 20.1. The van der Waals surface area contributed by atoms with Crippen LogP contribution in [0.1, 0.15) is 150 Å². The first-order valence-electron chi connectivity index (χ1n) is 17.2. The maximum Gasteiger partial charge on any atom is 0.251 e. The van der Waals surface area contributed by atoms with E-state index in [1.165, 1.54) is 19.3 Å². The van der Waals surface area contributed by atoms with Gasteiger partial charge in [-0.05, 0) is 111 Å². The van der Waals surface area contributed by atoms with Crippen LogP contribution >= 0.6 is 0 Å². The van der Waals surface area contributed by atoms with Crippen LogP contribution < -0.4 is 16.0 Å². The second kappa shape index (κ2) is 14.9. The summed E-state index contributed by atoms with van der Waals surface area (Å²) in [4.78, 5) is 40.8. The van der Waals surface area contributed by atoms with Crippen molar-refractivity contribution in [2.75, 3.05) is 0 Å². The molecule has 3 amide bonds. The molecule has 0 aromatic heterocycles. The molecule has 0 spiro atoms. The summed E-state index contributed by atoms with van der Waals surface area (Å²) in [5.41, 5.74) is 1.18. The fraction of sp³-hybridized carbons (Fsp3) is 0.750. The summed E-state index contributed by atoms with van der Waals surface area (Å²) >= 11 is 0.